The standard InChI is InChI=1S/C15H19N3OS/c1-15(2,16)14(19)17-9-8-12-10-20-13(18-12)11-6-4-3-5-7-11/h3-7,10H,8-9,16H2,1-2H3,(H,17,19). The Kier molecular flexibility index (Phi) is 4.52. The zero-order valence-corrected chi connectivity index (χ0v) is 12.5. The van der Waals surface area contributed by atoms with Gasteiger partial charge in [0.2, 0.25) is 5.91 Å². The second-order valence-electron chi connectivity index (χ2n) is 5.24. The molecule has 4 nitrogen and oxygen atoms in total. The van der Waals surface area contributed by atoms with Gasteiger partial charge in [0.1, 0.15) is 5.01 Å². The molecule has 1 aromatic heterocycles. The van der Waals surface area contributed by atoms with Gasteiger partial charge in [-0.15, -0.1) is 11.3 Å². The molecule has 0 saturated carbocycles. The Morgan fingerprint density at radius 3 is 2.70 bits per heavy atom. The van der Waals surface area contributed by atoms with E-state index in [9.17, 15) is 4.79 Å². The van der Waals surface area contributed by atoms with Crippen LogP contribution in [0.5, 0.6) is 0 Å². The number of thiazole rings is 1. The van der Waals surface area contributed by atoms with Crippen LogP contribution in [0.2, 0.25) is 0 Å². The van der Waals surface area contributed by atoms with E-state index in [0.29, 0.717) is 13.0 Å². The number of carbonyl (C=O) groups is 1. The van der Waals surface area contributed by atoms with Crippen LogP contribution in [0.4, 0.5) is 0 Å². The number of amides is 1. The minimum atomic E-state index is -0.836. The molecular weight excluding hydrogens is 270 g/mol. The average molecular weight is 289 g/mol. The van der Waals surface area contributed by atoms with E-state index in [4.69, 9.17) is 5.73 Å². The molecule has 1 amide bonds. The maximum Gasteiger partial charge on any atom is 0.239 e. The van der Waals surface area contributed by atoms with E-state index in [1.54, 1.807) is 25.2 Å². The second kappa shape index (κ2) is 6.15. The highest BCUT2D eigenvalue weighted by atomic mass is 32.1. The molecule has 0 unspecified atom stereocenters. The van der Waals surface area contributed by atoms with Crippen molar-refractivity contribution in [3.05, 3.63) is 41.4 Å². The molecule has 0 radical (unpaired) electrons. The Hall–Kier alpha value is -1.72. The Labute approximate surface area is 123 Å². The molecule has 2 aromatic rings. The number of carbonyl (C=O) groups excluding carboxylic acids is 1. The highest BCUT2D eigenvalue weighted by molar-refractivity contribution is 7.13. The van der Waals surface area contributed by atoms with Gasteiger partial charge in [-0.05, 0) is 13.8 Å². The van der Waals surface area contributed by atoms with Crippen LogP contribution in [0, 0.1) is 0 Å². The lowest BCUT2D eigenvalue weighted by Gasteiger charge is -2.17. The Morgan fingerprint density at radius 1 is 1.35 bits per heavy atom. The molecule has 0 spiro atoms. The molecule has 106 valence electrons. The minimum Gasteiger partial charge on any atom is -0.354 e. The first-order valence-corrected chi connectivity index (χ1v) is 7.42. The zero-order valence-electron chi connectivity index (χ0n) is 11.7. The van der Waals surface area contributed by atoms with Gasteiger partial charge in [0.05, 0.1) is 11.2 Å². The number of aromatic nitrogens is 1. The van der Waals surface area contributed by atoms with Crippen molar-refractivity contribution in [2.75, 3.05) is 6.54 Å². The van der Waals surface area contributed by atoms with E-state index in [-0.39, 0.29) is 5.91 Å². The van der Waals surface area contributed by atoms with E-state index in [1.165, 1.54) is 0 Å². The van der Waals surface area contributed by atoms with Gasteiger partial charge in [-0.2, -0.15) is 0 Å². The van der Waals surface area contributed by atoms with Crippen LogP contribution in [-0.2, 0) is 11.2 Å². The molecule has 0 bridgehead atoms. The van der Waals surface area contributed by atoms with Crippen molar-refractivity contribution in [1.29, 1.82) is 0 Å². The molecular formula is C15H19N3OS. The topological polar surface area (TPSA) is 68.0 Å². The van der Waals surface area contributed by atoms with Crippen molar-refractivity contribution < 1.29 is 4.79 Å². The predicted octanol–water partition coefficient (Wildman–Crippen LogP) is 2.21. The monoisotopic (exact) mass is 289 g/mol. The van der Waals surface area contributed by atoms with Gasteiger partial charge in [-0.25, -0.2) is 4.98 Å². The molecule has 1 aromatic carbocycles. The van der Waals surface area contributed by atoms with Crippen LogP contribution >= 0.6 is 11.3 Å². The fourth-order valence-corrected chi connectivity index (χ4v) is 2.53. The summed E-state index contributed by atoms with van der Waals surface area (Å²) in [5.41, 5.74) is 6.99. The molecule has 0 aliphatic heterocycles. The van der Waals surface area contributed by atoms with Crippen molar-refractivity contribution in [3.8, 4) is 10.6 Å². The first kappa shape index (κ1) is 14.7. The third kappa shape index (κ3) is 3.88. The summed E-state index contributed by atoms with van der Waals surface area (Å²) in [6.07, 6.45) is 0.713. The molecule has 20 heavy (non-hydrogen) atoms. The smallest absolute Gasteiger partial charge is 0.239 e. The molecule has 0 fully saturated rings. The summed E-state index contributed by atoms with van der Waals surface area (Å²) < 4.78 is 0. The van der Waals surface area contributed by atoms with Gasteiger partial charge in [0, 0.05) is 23.9 Å². The number of rotatable bonds is 5. The highest BCUT2D eigenvalue weighted by Gasteiger charge is 2.20. The minimum absolute atomic E-state index is 0.143. The van der Waals surface area contributed by atoms with Gasteiger partial charge >= 0.3 is 0 Å². The Morgan fingerprint density at radius 2 is 2.05 bits per heavy atom. The van der Waals surface area contributed by atoms with Crippen molar-refractivity contribution in [1.82, 2.24) is 10.3 Å². The number of nitrogens with one attached hydrogen (secondary N) is 1. The zero-order chi connectivity index (χ0) is 14.6. The van der Waals surface area contributed by atoms with Gasteiger partial charge < -0.3 is 11.1 Å². The number of benzene rings is 1. The fourth-order valence-electron chi connectivity index (χ4n) is 1.67. The molecule has 0 saturated heterocycles. The third-order valence-corrected chi connectivity index (χ3v) is 3.76. The number of nitrogens with zero attached hydrogens (tertiary/aromatic N) is 1. The number of hydrogen-bond acceptors (Lipinski definition) is 4. The largest absolute Gasteiger partial charge is 0.354 e. The summed E-state index contributed by atoms with van der Waals surface area (Å²) in [6, 6.07) is 10.1. The molecule has 1 heterocycles. The van der Waals surface area contributed by atoms with Gasteiger partial charge in [0.25, 0.3) is 0 Å². The van der Waals surface area contributed by atoms with E-state index in [1.807, 2.05) is 35.7 Å². The van der Waals surface area contributed by atoms with Crippen LogP contribution in [0.25, 0.3) is 10.6 Å². The van der Waals surface area contributed by atoms with Crippen LogP contribution < -0.4 is 11.1 Å². The summed E-state index contributed by atoms with van der Waals surface area (Å²) in [4.78, 5) is 16.2. The van der Waals surface area contributed by atoms with E-state index in [2.05, 4.69) is 10.3 Å². The van der Waals surface area contributed by atoms with E-state index < -0.39 is 5.54 Å². The summed E-state index contributed by atoms with van der Waals surface area (Å²) in [5, 5.41) is 5.86. The highest BCUT2D eigenvalue weighted by Crippen LogP contribution is 2.23. The van der Waals surface area contributed by atoms with Gasteiger partial charge in [0.15, 0.2) is 0 Å². The Balaban J connectivity index is 1.90. The van der Waals surface area contributed by atoms with Crippen LogP contribution in [0.3, 0.4) is 0 Å². The second-order valence-corrected chi connectivity index (χ2v) is 6.10. The average Bonchev–Trinajstić information content (AvgIpc) is 2.87. The number of nitrogens with two attached hydrogens (primary N) is 1. The van der Waals surface area contributed by atoms with Crippen molar-refractivity contribution in [3.63, 3.8) is 0 Å². The molecule has 2 rings (SSSR count). The summed E-state index contributed by atoms with van der Waals surface area (Å²) in [5.74, 6) is -0.143. The predicted molar refractivity (Wildman–Crippen MR) is 82.5 cm³/mol. The lowest BCUT2D eigenvalue weighted by Crippen LogP contribution is -2.49. The molecule has 5 heteroatoms. The fraction of sp³-hybridized carbons (Fsp3) is 0.333. The van der Waals surface area contributed by atoms with Gasteiger partial charge in [-0.3, -0.25) is 4.79 Å². The summed E-state index contributed by atoms with van der Waals surface area (Å²) >= 11 is 1.62. The van der Waals surface area contributed by atoms with Crippen LogP contribution in [0.1, 0.15) is 19.5 Å². The molecule has 0 aliphatic rings. The van der Waals surface area contributed by atoms with Crippen molar-refractivity contribution >= 4 is 17.2 Å². The molecule has 0 aliphatic carbocycles. The van der Waals surface area contributed by atoms with Gasteiger partial charge in [-0.1, -0.05) is 30.3 Å². The molecule has 0 atom stereocenters. The first-order chi connectivity index (χ1) is 9.47. The van der Waals surface area contributed by atoms with Crippen molar-refractivity contribution in [2.45, 2.75) is 25.8 Å². The maximum atomic E-state index is 11.6. The SMILES string of the molecule is CC(C)(N)C(=O)NCCc1csc(-c2ccccc2)n1. The van der Waals surface area contributed by atoms with Crippen molar-refractivity contribution in [2.24, 2.45) is 5.73 Å². The maximum absolute atomic E-state index is 11.6. The summed E-state index contributed by atoms with van der Waals surface area (Å²) in [7, 11) is 0. The van der Waals surface area contributed by atoms with Crippen LogP contribution in [-0.4, -0.2) is 23.0 Å². The lowest BCUT2D eigenvalue weighted by molar-refractivity contribution is -0.125. The molecule has 3 N–H and O–H groups in total. The van der Waals surface area contributed by atoms with E-state index >= 15 is 0 Å². The quantitative estimate of drug-likeness (QED) is 0.886. The summed E-state index contributed by atoms with van der Waals surface area (Å²) in [6.45, 7) is 3.94. The number of hydrogen-bond donors (Lipinski definition) is 2. The first-order valence-electron chi connectivity index (χ1n) is 6.54. The normalized spacial score (nSPS) is 11.3. The third-order valence-electron chi connectivity index (χ3n) is 2.82. The van der Waals surface area contributed by atoms with E-state index in [0.717, 1.165) is 16.3 Å². The Bertz CT molecular complexity index is 572. The lowest BCUT2D eigenvalue weighted by atomic mass is 10.1. The van der Waals surface area contributed by atoms with Crippen LogP contribution in [0.15, 0.2) is 35.7 Å².